The smallest absolute Gasteiger partial charge is 0.158 e. The van der Waals surface area contributed by atoms with Gasteiger partial charge in [-0.15, -0.1) is 5.43 Å². The second-order valence-corrected chi connectivity index (χ2v) is 3.00. The van der Waals surface area contributed by atoms with Crippen molar-refractivity contribution in [2.45, 2.75) is 12.5 Å². The van der Waals surface area contributed by atoms with Crippen LogP contribution < -0.4 is 5.43 Å². The molecule has 1 rings (SSSR count). The van der Waals surface area contributed by atoms with E-state index in [1.807, 2.05) is 5.43 Å². The highest BCUT2D eigenvalue weighted by molar-refractivity contribution is 5.58. The Balaban J connectivity index is 2.62. The van der Waals surface area contributed by atoms with Gasteiger partial charge in [0.1, 0.15) is 18.1 Å². The molecular weight excluding hydrogens is 200 g/mol. The number of hydrogen-bond acceptors (Lipinski definition) is 4. The second-order valence-electron chi connectivity index (χ2n) is 3.00. The molecule has 0 aliphatic heterocycles. The number of phenolic OH excluding ortho intramolecular Hbond substituents is 1. The van der Waals surface area contributed by atoms with Crippen molar-refractivity contribution in [2.75, 3.05) is 0 Å². The van der Waals surface area contributed by atoms with Gasteiger partial charge in [-0.1, -0.05) is 12.1 Å². The van der Waals surface area contributed by atoms with E-state index in [0.29, 0.717) is 6.29 Å². The predicted molar refractivity (Wildman–Crippen MR) is 51.8 cm³/mol. The van der Waals surface area contributed by atoms with Crippen molar-refractivity contribution in [1.82, 2.24) is 5.43 Å². The maximum absolute atomic E-state index is 10.5. The molecule has 80 valence electrons. The number of hydrogen-bond donors (Lipinski definition) is 2. The SMILES string of the molecule is O=CC(Cc1ccc(O)cc1)N[N+](=O)[O-]. The van der Waals surface area contributed by atoms with E-state index in [1.54, 1.807) is 12.1 Å². The zero-order chi connectivity index (χ0) is 11.3. The van der Waals surface area contributed by atoms with E-state index in [2.05, 4.69) is 0 Å². The van der Waals surface area contributed by atoms with E-state index in [4.69, 9.17) is 5.11 Å². The number of phenols is 1. The molecule has 0 aliphatic carbocycles. The molecule has 0 spiro atoms. The van der Waals surface area contributed by atoms with Gasteiger partial charge in [0.15, 0.2) is 5.03 Å². The van der Waals surface area contributed by atoms with Crippen LogP contribution in [-0.4, -0.2) is 22.5 Å². The van der Waals surface area contributed by atoms with Gasteiger partial charge in [0, 0.05) is 6.42 Å². The number of benzene rings is 1. The van der Waals surface area contributed by atoms with Gasteiger partial charge in [-0.3, -0.25) is 0 Å². The molecule has 1 aromatic rings. The Kier molecular flexibility index (Phi) is 3.61. The van der Waals surface area contributed by atoms with Gasteiger partial charge in [-0.2, -0.15) is 0 Å². The first kappa shape index (κ1) is 11.0. The zero-order valence-electron chi connectivity index (χ0n) is 7.79. The summed E-state index contributed by atoms with van der Waals surface area (Å²) in [6.07, 6.45) is 0.695. The minimum Gasteiger partial charge on any atom is -0.508 e. The number of rotatable bonds is 5. The van der Waals surface area contributed by atoms with Gasteiger partial charge in [-0.25, -0.2) is 10.1 Å². The maximum Gasteiger partial charge on any atom is 0.158 e. The fourth-order valence-electron chi connectivity index (χ4n) is 1.15. The highest BCUT2D eigenvalue weighted by Gasteiger charge is 2.12. The van der Waals surface area contributed by atoms with E-state index >= 15 is 0 Å². The van der Waals surface area contributed by atoms with Crippen LogP contribution in [0.15, 0.2) is 24.3 Å². The number of hydrazine groups is 1. The van der Waals surface area contributed by atoms with Crippen molar-refractivity contribution < 1.29 is 14.9 Å². The summed E-state index contributed by atoms with van der Waals surface area (Å²) in [5, 5.41) is 18.4. The van der Waals surface area contributed by atoms with Crippen LogP contribution in [0.25, 0.3) is 0 Å². The molecule has 0 radical (unpaired) electrons. The second kappa shape index (κ2) is 4.94. The molecule has 1 unspecified atom stereocenters. The minimum absolute atomic E-state index is 0.114. The fraction of sp³-hybridized carbons (Fsp3) is 0.222. The third-order valence-electron chi connectivity index (χ3n) is 1.83. The third kappa shape index (κ3) is 3.63. The molecule has 6 nitrogen and oxygen atoms in total. The number of nitrogens with zero attached hydrogens (tertiary/aromatic N) is 1. The normalized spacial score (nSPS) is 11.7. The Morgan fingerprint density at radius 1 is 1.47 bits per heavy atom. The summed E-state index contributed by atoms with van der Waals surface area (Å²) in [4.78, 5) is 20.6. The van der Waals surface area contributed by atoms with Crippen LogP contribution in [0.5, 0.6) is 5.75 Å². The van der Waals surface area contributed by atoms with E-state index in [9.17, 15) is 14.9 Å². The van der Waals surface area contributed by atoms with Crippen molar-refractivity contribution in [1.29, 1.82) is 0 Å². The van der Waals surface area contributed by atoms with E-state index in [-0.39, 0.29) is 12.2 Å². The van der Waals surface area contributed by atoms with Crippen LogP contribution in [0, 0.1) is 10.1 Å². The predicted octanol–water partition coefficient (Wildman–Crippen LogP) is 0.283. The molecule has 0 bridgehead atoms. The van der Waals surface area contributed by atoms with Crippen molar-refractivity contribution in [3.05, 3.63) is 39.9 Å². The monoisotopic (exact) mass is 210 g/mol. The molecular formula is C9H10N2O4. The van der Waals surface area contributed by atoms with Gasteiger partial charge in [0.25, 0.3) is 0 Å². The standard InChI is InChI=1S/C9H10N2O4/c12-6-8(10-11(14)15)5-7-1-3-9(13)4-2-7/h1-4,6,8,10,13H,5H2. The summed E-state index contributed by atoms with van der Waals surface area (Å²) in [6.45, 7) is 0. The van der Waals surface area contributed by atoms with Crippen LogP contribution in [0.3, 0.4) is 0 Å². The first-order chi connectivity index (χ1) is 7.11. The van der Waals surface area contributed by atoms with Gasteiger partial charge >= 0.3 is 0 Å². The summed E-state index contributed by atoms with van der Waals surface area (Å²) >= 11 is 0. The number of carbonyl (C=O) groups excluding carboxylic acids is 1. The summed E-state index contributed by atoms with van der Waals surface area (Å²) in [7, 11) is 0. The first-order valence-corrected chi connectivity index (χ1v) is 4.25. The van der Waals surface area contributed by atoms with E-state index < -0.39 is 11.1 Å². The van der Waals surface area contributed by atoms with Crippen LogP contribution >= 0.6 is 0 Å². The van der Waals surface area contributed by atoms with Crippen molar-refractivity contribution in [3.8, 4) is 5.75 Å². The van der Waals surface area contributed by atoms with Crippen LogP contribution in [-0.2, 0) is 11.2 Å². The Labute approximate surface area is 85.7 Å². The molecule has 2 N–H and O–H groups in total. The van der Waals surface area contributed by atoms with Crippen molar-refractivity contribution in [3.63, 3.8) is 0 Å². The highest BCUT2D eigenvalue weighted by Crippen LogP contribution is 2.10. The lowest BCUT2D eigenvalue weighted by molar-refractivity contribution is -0.548. The number of carbonyl (C=O) groups is 1. The summed E-state index contributed by atoms with van der Waals surface area (Å²) in [6, 6.07) is 5.28. The molecule has 0 aromatic heterocycles. The molecule has 0 amide bonds. The quantitative estimate of drug-likeness (QED) is 0.413. The largest absolute Gasteiger partial charge is 0.508 e. The molecule has 15 heavy (non-hydrogen) atoms. The average molecular weight is 210 g/mol. The summed E-state index contributed by atoms with van der Waals surface area (Å²) < 4.78 is 0. The van der Waals surface area contributed by atoms with Gasteiger partial charge < -0.3 is 9.90 Å². The number of nitro groups is 1. The Morgan fingerprint density at radius 3 is 2.53 bits per heavy atom. The molecule has 1 aromatic carbocycles. The van der Waals surface area contributed by atoms with Crippen molar-refractivity contribution in [2.24, 2.45) is 0 Å². The number of aldehydes is 1. The average Bonchev–Trinajstić information content (AvgIpc) is 2.19. The van der Waals surface area contributed by atoms with Gasteiger partial charge in [0.05, 0.1) is 0 Å². The zero-order valence-corrected chi connectivity index (χ0v) is 7.79. The minimum atomic E-state index is -0.857. The maximum atomic E-state index is 10.5. The molecule has 0 aliphatic rings. The molecule has 1 atom stereocenters. The molecule has 6 heteroatoms. The molecule has 0 saturated heterocycles. The lowest BCUT2D eigenvalue weighted by Crippen LogP contribution is -2.36. The molecule has 0 saturated carbocycles. The fourth-order valence-corrected chi connectivity index (χ4v) is 1.15. The summed E-state index contributed by atoms with van der Waals surface area (Å²) in [5.74, 6) is 0.114. The van der Waals surface area contributed by atoms with Crippen molar-refractivity contribution >= 4 is 6.29 Å². The van der Waals surface area contributed by atoms with Crippen LogP contribution in [0.2, 0.25) is 0 Å². The Bertz CT molecular complexity index is 350. The molecule has 0 heterocycles. The van der Waals surface area contributed by atoms with Gasteiger partial charge in [-0.05, 0) is 17.7 Å². The number of nitrogens with one attached hydrogen (secondary N) is 1. The summed E-state index contributed by atoms with van der Waals surface area (Å²) in [5.41, 5.74) is 2.62. The van der Waals surface area contributed by atoms with E-state index in [0.717, 1.165) is 5.56 Å². The lowest BCUT2D eigenvalue weighted by Gasteiger charge is -2.06. The Morgan fingerprint density at radius 2 is 2.07 bits per heavy atom. The lowest BCUT2D eigenvalue weighted by atomic mass is 10.1. The third-order valence-corrected chi connectivity index (χ3v) is 1.83. The van der Waals surface area contributed by atoms with E-state index in [1.165, 1.54) is 12.1 Å². The van der Waals surface area contributed by atoms with Gasteiger partial charge in [0.2, 0.25) is 0 Å². The number of aromatic hydroxyl groups is 1. The van der Waals surface area contributed by atoms with Crippen LogP contribution in [0.1, 0.15) is 5.56 Å². The first-order valence-electron chi connectivity index (χ1n) is 4.25. The highest BCUT2D eigenvalue weighted by atomic mass is 16.7. The molecule has 0 fully saturated rings. The van der Waals surface area contributed by atoms with Crippen LogP contribution in [0.4, 0.5) is 0 Å². The topological polar surface area (TPSA) is 92.5 Å². The Hall–Kier alpha value is -2.11.